The van der Waals surface area contributed by atoms with Crippen LogP contribution in [0.5, 0.6) is 5.75 Å². The molecule has 0 spiro atoms. The Morgan fingerprint density at radius 3 is 2.49 bits per heavy atom. The summed E-state index contributed by atoms with van der Waals surface area (Å²) < 4.78 is 44.5. The number of anilines is 1. The molecule has 0 saturated heterocycles. The Labute approximate surface area is 213 Å². The van der Waals surface area contributed by atoms with Crippen LogP contribution in [-0.2, 0) is 25.8 Å². The number of hydrogen-bond acceptors (Lipinski definition) is 7. The summed E-state index contributed by atoms with van der Waals surface area (Å²) in [5, 5.41) is 10.9. The van der Waals surface area contributed by atoms with Gasteiger partial charge in [0.25, 0.3) is 5.91 Å². The van der Waals surface area contributed by atoms with Gasteiger partial charge >= 0.3 is 5.97 Å². The van der Waals surface area contributed by atoms with Crippen LogP contribution in [0.25, 0.3) is 0 Å². The molecule has 0 radical (unpaired) electrons. The number of carbonyl (C=O) groups is 2. The van der Waals surface area contributed by atoms with Gasteiger partial charge in [-0.1, -0.05) is 46.7 Å². The molecule has 1 heterocycles. The molecule has 1 saturated carbocycles. The van der Waals surface area contributed by atoms with Gasteiger partial charge in [0, 0.05) is 11.6 Å². The van der Waals surface area contributed by atoms with Gasteiger partial charge in [0.15, 0.2) is 15.0 Å². The van der Waals surface area contributed by atoms with Crippen LogP contribution in [0.2, 0.25) is 9.36 Å². The first-order valence-corrected chi connectivity index (χ1v) is 13.3. The first-order chi connectivity index (χ1) is 16.5. The summed E-state index contributed by atoms with van der Waals surface area (Å²) in [5.74, 6) is -2.41. The van der Waals surface area contributed by atoms with E-state index in [4.69, 9.17) is 33.0 Å². The number of nitrogens with one attached hydrogen (secondary N) is 1. The summed E-state index contributed by atoms with van der Waals surface area (Å²) in [6.45, 7) is 0. The molecular formula is C22H17Cl2FN2O6S2. The van der Waals surface area contributed by atoms with Crippen molar-refractivity contribution < 1.29 is 32.2 Å². The number of carboxylic acid groups (broad SMARTS) is 1. The third kappa shape index (κ3) is 5.92. The fourth-order valence-corrected chi connectivity index (χ4v) is 6.04. The van der Waals surface area contributed by atoms with E-state index in [9.17, 15) is 22.4 Å². The van der Waals surface area contributed by atoms with Crippen molar-refractivity contribution in [3.63, 3.8) is 0 Å². The van der Waals surface area contributed by atoms with Gasteiger partial charge in [-0.2, -0.15) is 0 Å². The van der Waals surface area contributed by atoms with E-state index in [0.717, 1.165) is 17.4 Å². The molecule has 3 aromatic rings. The van der Waals surface area contributed by atoms with E-state index in [2.05, 4.69) is 10.3 Å². The Kier molecular flexibility index (Phi) is 7.32. The van der Waals surface area contributed by atoms with E-state index < -0.39 is 40.1 Å². The molecule has 0 aliphatic heterocycles. The number of sulfone groups is 1. The number of carboxylic acids is 1. The molecule has 4 rings (SSSR count). The summed E-state index contributed by atoms with van der Waals surface area (Å²) in [6, 6.07) is 9.28. The van der Waals surface area contributed by atoms with Crippen molar-refractivity contribution in [1.29, 1.82) is 0 Å². The van der Waals surface area contributed by atoms with E-state index in [1.165, 1.54) is 36.4 Å². The number of ether oxygens (including phenoxy) is 1. The average molecular weight is 559 g/mol. The SMILES string of the molecule is O=C(O)Cc1nc(NC(=O)C(Oc2ccc(F)c(Cl)c2)c2ccc(S(=O)(=O)C3CC3)cc2)sc1Cl. The summed E-state index contributed by atoms with van der Waals surface area (Å²) in [4.78, 5) is 28.3. The quantitative estimate of drug-likeness (QED) is 0.382. The number of nitrogens with zero attached hydrogens (tertiary/aromatic N) is 1. The molecule has 184 valence electrons. The number of aromatic nitrogens is 1. The number of thiazole rings is 1. The monoisotopic (exact) mass is 558 g/mol. The highest BCUT2D eigenvalue weighted by molar-refractivity contribution is 7.92. The Hall–Kier alpha value is -2.73. The third-order valence-electron chi connectivity index (χ3n) is 5.06. The van der Waals surface area contributed by atoms with E-state index >= 15 is 0 Å². The minimum absolute atomic E-state index is 0.0509. The molecule has 1 unspecified atom stereocenters. The van der Waals surface area contributed by atoms with E-state index in [0.29, 0.717) is 18.4 Å². The number of carbonyl (C=O) groups excluding carboxylic acids is 1. The van der Waals surface area contributed by atoms with E-state index in [1.807, 2.05) is 0 Å². The molecular weight excluding hydrogens is 542 g/mol. The second kappa shape index (κ2) is 10.1. The van der Waals surface area contributed by atoms with Gasteiger partial charge in [-0.25, -0.2) is 17.8 Å². The Morgan fingerprint density at radius 1 is 1.20 bits per heavy atom. The lowest BCUT2D eigenvalue weighted by Crippen LogP contribution is -2.26. The molecule has 1 aliphatic carbocycles. The molecule has 35 heavy (non-hydrogen) atoms. The molecule has 1 amide bonds. The molecule has 1 aromatic heterocycles. The maximum absolute atomic E-state index is 13.6. The molecule has 2 aromatic carbocycles. The Morgan fingerprint density at radius 2 is 1.89 bits per heavy atom. The van der Waals surface area contributed by atoms with Crippen LogP contribution >= 0.6 is 34.5 Å². The zero-order chi connectivity index (χ0) is 25.3. The number of amides is 1. The number of hydrogen-bond donors (Lipinski definition) is 2. The van der Waals surface area contributed by atoms with Crippen LogP contribution < -0.4 is 10.1 Å². The summed E-state index contributed by atoms with van der Waals surface area (Å²) >= 11 is 12.7. The van der Waals surface area contributed by atoms with Gasteiger partial charge in [0.1, 0.15) is 15.9 Å². The fourth-order valence-electron chi connectivity index (χ4n) is 3.17. The van der Waals surface area contributed by atoms with Gasteiger partial charge in [0.2, 0.25) is 6.10 Å². The van der Waals surface area contributed by atoms with Crippen molar-refractivity contribution in [2.24, 2.45) is 0 Å². The smallest absolute Gasteiger partial charge is 0.309 e. The van der Waals surface area contributed by atoms with E-state index in [1.54, 1.807) is 0 Å². The average Bonchev–Trinajstić information content (AvgIpc) is 3.60. The minimum Gasteiger partial charge on any atom is -0.481 e. The van der Waals surface area contributed by atoms with Crippen molar-refractivity contribution in [3.05, 3.63) is 68.9 Å². The third-order valence-corrected chi connectivity index (χ3v) is 8.88. The zero-order valence-electron chi connectivity index (χ0n) is 17.7. The van der Waals surface area contributed by atoms with Crippen molar-refractivity contribution in [2.45, 2.75) is 35.5 Å². The Balaban J connectivity index is 1.62. The van der Waals surface area contributed by atoms with Crippen molar-refractivity contribution in [2.75, 3.05) is 5.32 Å². The highest BCUT2D eigenvalue weighted by Gasteiger charge is 2.37. The van der Waals surface area contributed by atoms with Crippen molar-refractivity contribution in [3.8, 4) is 5.75 Å². The van der Waals surface area contributed by atoms with E-state index in [-0.39, 0.29) is 36.1 Å². The molecule has 1 atom stereocenters. The molecule has 1 fully saturated rings. The van der Waals surface area contributed by atoms with Crippen LogP contribution in [0.3, 0.4) is 0 Å². The van der Waals surface area contributed by atoms with Crippen LogP contribution in [-0.4, -0.2) is 35.6 Å². The lowest BCUT2D eigenvalue weighted by molar-refractivity contribution is -0.136. The minimum atomic E-state index is -3.43. The van der Waals surface area contributed by atoms with Crippen LogP contribution in [0.4, 0.5) is 9.52 Å². The van der Waals surface area contributed by atoms with Crippen LogP contribution in [0, 0.1) is 5.82 Å². The van der Waals surface area contributed by atoms with Crippen molar-refractivity contribution >= 4 is 61.4 Å². The highest BCUT2D eigenvalue weighted by Crippen LogP contribution is 2.35. The number of benzene rings is 2. The van der Waals surface area contributed by atoms with Crippen LogP contribution in [0.1, 0.15) is 30.2 Å². The predicted octanol–water partition coefficient (Wildman–Crippen LogP) is 4.91. The maximum Gasteiger partial charge on any atom is 0.309 e. The normalized spacial score (nSPS) is 14.4. The standard InChI is InChI=1S/C22H17Cl2FN2O6S2/c23-15-9-12(3-8-16(15)25)33-19(11-1-4-13(5-2-11)35(31,32)14-6-7-14)21(30)27-22-26-17(10-18(28)29)20(24)34-22/h1-5,8-9,14,19H,6-7,10H2,(H,28,29)(H,26,27,30). The lowest BCUT2D eigenvalue weighted by Gasteiger charge is -2.19. The number of aliphatic carboxylic acids is 1. The molecule has 2 N–H and O–H groups in total. The molecule has 8 nitrogen and oxygen atoms in total. The first-order valence-electron chi connectivity index (χ1n) is 10.2. The van der Waals surface area contributed by atoms with Gasteiger partial charge in [-0.3, -0.25) is 14.9 Å². The first kappa shape index (κ1) is 25.4. The lowest BCUT2D eigenvalue weighted by atomic mass is 10.1. The molecule has 0 bridgehead atoms. The number of halogens is 3. The largest absolute Gasteiger partial charge is 0.481 e. The van der Waals surface area contributed by atoms with Gasteiger partial charge < -0.3 is 9.84 Å². The Bertz CT molecular complexity index is 1390. The maximum atomic E-state index is 13.6. The van der Waals surface area contributed by atoms with Gasteiger partial charge in [-0.05, 0) is 37.1 Å². The van der Waals surface area contributed by atoms with Gasteiger partial charge in [-0.15, -0.1) is 0 Å². The summed E-state index contributed by atoms with van der Waals surface area (Å²) in [6.07, 6.45) is -0.496. The summed E-state index contributed by atoms with van der Waals surface area (Å²) in [7, 11) is -3.43. The number of rotatable bonds is 9. The highest BCUT2D eigenvalue weighted by atomic mass is 35.5. The van der Waals surface area contributed by atoms with Gasteiger partial charge in [0.05, 0.1) is 27.3 Å². The topological polar surface area (TPSA) is 123 Å². The molecule has 1 aliphatic rings. The second-order valence-electron chi connectivity index (χ2n) is 7.69. The molecule has 13 heteroatoms. The zero-order valence-corrected chi connectivity index (χ0v) is 20.8. The fraction of sp³-hybridized carbons (Fsp3) is 0.227. The second-order valence-corrected chi connectivity index (χ2v) is 11.9. The van der Waals surface area contributed by atoms with Crippen LogP contribution in [0.15, 0.2) is 47.4 Å². The summed E-state index contributed by atoms with van der Waals surface area (Å²) in [5.41, 5.74) is 0.406. The predicted molar refractivity (Wildman–Crippen MR) is 129 cm³/mol. The van der Waals surface area contributed by atoms with Crippen molar-refractivity contribution in [1.82, 2.24) is 4.98 Å².